The zero-order valence-electron chi connectivity index (χ0n) is 9.45. The monoisotopic (exact) mass is 239 g/mol. The van der Waals surface area contributed by atoms with Gasteiger partial charge in [0, 0.05) is 6.04 Å². The SMILES string of the molecule is Cc1ncsc1C(=O)NC1CCCNCC1. The van der Waals surface area contributed by atoms with E-state index in [1.165, 1.54) is 11.3 Å². The zero-order valence-corrected chi connectivity index (χ0v) is 10.3. The zero-order chi connectivity index (χ0) is 11.4. The minimum absolute atomic E-state index is 0.0342. The van der Waals surface area contributed by atoms with E-state index in [-0.39, 0.29) is 5.91 Å². The molecule has 16 heavy (non-hydrogen) atoms. The molecule has 0 aliphatic carbocycles. The molecule has 0 spiro atoms. The van der Waals surface area contributed by atoms with E-state index in [2.05, 4.69) is 15.6 Å². The highest BCUT2D eigenvalue weighted by atomic mass is 32.1. The largest absolute Gasteiger partial charge is 0.349 e. The Morgan fingerprint density at radius 2 is 2.44 bits per heavy atom. The number of hydrogen-bond acceptors (Lipinski definition) is 4. The molecule has 1 aromatic rings. The van der Waals surface area contributed by atoms with Gasteiger partial charge in [0.15, 0.2) is 0 Å². The lowest BCUT2D eigenvalue weighted by Crippen LogP contribution is -2.35. The lowest BCUT2D eigenvalue weighted by atomic mass is 10.1. The minimum Gasteiger partial charge on any atom is -0.349 e. The maximum absolute atomic E-state index is 11.9. The van der Waals surface area contributed by atoms with Crippen LogP contribution in [-0.4, -0.2) is 30.0 Å². The Morgan fingerprint density at radius 1 is 1.56 bits per heavy atom. The van der Waals surface area contributed by atoms with Crippen molar-refractivity contribution in [3.05, 3.63) is 16.1 Å². The predicted octanol–water partition coefficient (Wildman–Crippen LogP) is 1.32. The summed E-state index contributed by atoms with van der Waals surface area (Å²) < 4.78 is 0. The van der Waals surface area contributed by atoms with E-state index >= 15 is 0 Å². The molecule has 1 fully saturated rings. The number of carbonyl (C=O) groups is 1. The quantitative estimate of drug-likeness (QED) is 0.818. The summed E-state index contributed by atoms with van der Waals surface area (Å²) in [5.41, 5.74) is 2.55. The highest BCUT2D eigenvalue weighted by Crippen LogP contribution is 2.13. The van der Waals surface area contributed by atoms with Crippen LogP contribution in [0, 0.1) is 6.92 Å². The van der Waals surface area contributed by atoms with Gasteiger partial charge < -0.3 is 10.6 Å². The molecule has 1 unspecified atom stereocenters. The number of hydrogen-bond donors (Lipinski definition) is 2. The second-order valence-electron chi connectivity index (χ2n) is 4.12. The number of aromatic nitrogens is 1. The van der Waals surface area contributed by atoms with Crippen LogP contribution in [0.15, 0.2) is 5.51 Å². The Morgan fingerprint density at radius 3 is 3.19 bits per heavy atom. The minimum atomic E-state index is 0.0342. The summed E-state index contributed by atoms with van der Waals surface area (Å²) in [4.78, 5) is 16.8. The van der Waals surface area contributed by atoms with E-state index in [0.29, 0.717) is 6.04 Å². The third kappa shape index (κ3) is 2.80. The Bertz CT molecular complexity index is 356. The summed E-state index contributed by atoms with van der Waals surface area (Å²) in [7, 11) is 0. The summed E-state index contributed by atoms with van der Waals surface area (Å²) in [5.74, 6) is 0.0342. The smallest absolute Gasteiger partial charge is 0.263 e. The van der Waals surface area contributed by atoms with Gasteiger partial charge in [0.2, 0.25) is 0 Å². The van der Waals surface area contributed by atoms with Crippen molar-refractivity contribution < 1.29 is 4.79 Å². The predicted molar refractivity (Wildman–Crippen MR) is 64.8 cm³/mol. The van der Waals surface area contributed by atoms with Gasteiger partial charge in [-0.25, -0.2) is 4.98 Å². The highest BCUT2D eigenvalue weighted by molar-refractivity contribution is 7.11. The van der Waals surface area contributed by atoms with Crippen LogP contribution in [-0.2, 0) is 0 Å². The van der Waals surface area contributed by atoms with Gasteiger partial charge in [0.05, 0.1) is 11.2 Å². The molecule has 88 valence electrons. The van der Waals surface area contributed by atoms with Crippen LogP contribution >= 0.6 is 11.3 Å². The summed E-state index contributed by atoms with van der Waals surface area (Å²) in [6.45, 7) is 3.93. The summed E-state index contributed by atoms with van der Waals surface area (Å²) in [6.07, 6.45) is 3.22. The van der Waals surface area contributed by atoms with E-state index in [9.17, 15) is 4.79 Å². The molecule has 2 rings (SSSR count). The first-order valence-electron chi connectivity index (χ1n) is 5.69. The summed E-state index contributed by atoms with van der Waals surface area (Å²) in [5, 5.41) is 6.43. The molecule has 4 nitrogen and oxygen atoms in total. The number of nitrogens with zero attached hydrogens (tertiary/aromatic N) is 1. The standard InChI is InChI=1S/C11H17N3OS/c1-8-10(16-7-13-8)11(15)14-9-3-2-5-12-6-4-9/h7,9,12H,2-6H2,1H3,(H,14,15). The van der Waals surface area contributed by atoms with Crippen LogP contribution in [0.4, 0.5) is 0 Å². The lowest BCUT2D eigenvalue weighted by molar-refractivity contribution is 0.0937. The van der Waals surface area contributed by atoms with E-state index in [1.807, 2.05) is 6.92 Å². The van der Waals surface area contributed by atoms with Gasteiger partial charge >= 0.3 is 0 Å². The molecular weight excluding hydrogens is 222 g/mol. The van der Waals surface area contributed by atoms with Gasteiger partial charge in [0.1, 0.15) is 4.88 Å². The second kappa shape index (κ2) is 5.41. The van der Waals surface area contributed by atoms with Crippen molar-refractivity contribution in [2.45, 2.75) is 32.2 Å². The van der Waals surface area contributed by atoms with Crippen LogP contribution in [0.5, 0.6) is 0 Å². The van der Waals surface area contributed by atoms with Gasteiger partial charge in [-0.05, 0) is 39.3 Å². The van der Waals surface area contributed by atoms with Crippen LogP contribution < -0.4 is 10.6 Å². The summed E-state index contributed by atoms with van der Waals surface area (Å²) >= 11 is 1.41. The van der Waals surface area contributed by atoms with Crippen LogP contribution in [0.2, 0.25) is 0 Å². The van der Waals surface area contributed by atoms with Crippen molar-refractivity contribution in [1.29, 1.82) is 0 Å². The van der Waals surface area contributed by atoms with Gasteiger partial charge in [-0.2, -0.15) is 0 Å². The number of thiazole rings is 1. The number of nitrogens with one attached hydrogen (secondary N) is 2. The first-order chi connectivity index (χ1) is 7.77. The third-order valence-electron chi connectivity index (χ3n) is 2.86. The molecule has 0 bridgehead atoms. The molecule has 1 saturated heterocycles. The van der Waals surface area contributed by atoms with Crippen LogP contribution in [0.3, 0.4) is 0 Å². The molecule has 0 saturated carbocycles. The molecule has 1 aliphatic heterocycles. The second-order valence-corrected chi connectivity index (χ2v) is 4.97. The molecule has 1 amide bonds. The fraction of sp³-hybridized carbons (Fsp3) is 0.636. The Hall–Kier alpha value is -0.940. The molecule has 0 radical (unpaired) electrons. The molecule has 1 aromatic heterocycles. The van der Waals surface area contributed by atoms with Crippen molar-refractivity contribution in [3.8, 4) is 0 Å². The lowest BCUT2D eigenvalue weighted by Gasteiger charge is -2.15. The molecule has 2 N–H and O–H groups in total. The van der Waals surface area contributed by atoms with E-state index in [1.54, 1.807) is 5.51 Å². The normalized spacial score (nSPS) is 21.4. The maximum atomic E-state index is 11.9. The summed E-state index contributed by atoms with van der Waals surface area (Å²) in [6, 6.07) is 0.309. The Labute approximate surface area is 99.5 Å². The van der Waals surface area contributed by atoms with Crippen molar-refractivity contribution >= 4 is 17.2 Å². The van der Waals surface area contributed by atoms with Crippen molar-refractivity contribution in [2.24, 2.45) is 0 Å². The Kier molecular flexibility index (Phi) is 3.90. The van der Waals surface area contributed by atoms with Crippen molar-refractivity contribution in [2.75, 3.05) is 13.1 Å². The van der Waals surface area contributed by atoms with E-state index in [4.69, 9.17) is 0 Å². The van der Waals surface area contributed by atoms with Crippen molar-refractivity contribution in [1.82, 2.24) is 15.6 Å². The molecule has 1 atom stereocenters. The number of amides is 1. The molecule has 5 heteroatoms. The fourth-order valence-electron chi connectivity index (χ4n) is 1.93. The first kappa shape index (κ1) is 11.5. The average molecular weight is 239 g/mol. The highest BCUT2D eigenvalue weighted by Gasteiger charge is 2.17. The van der Waals surface area contributed by atoms with Gasteiger partial charge in [-0.1, -0.05) is 0 Å². The average Bonchev–Trinajstić information content (AvgIpc) is 2.53. The number of carbonyl (C=O) groups excluding carboxylic acids is 1. The fourth-order valence-corrected chi connectivity index (χ4v) is 2.64. The van der Waals surface area contributed by atoms with Crippen LogP contribution in [0.25, 0.3) is 0 Å². The molecule has 2 heterocycles. The van der Waals surface area contributed by atoms with Gasteiger partial charge in [-0.15, -0.1) is 11.3 Å². The maximum Gasteiger partial charge on any atom is 0.263 e. The van der Waals surface area contributed by atoms with Crippen LogP contribution in [0.1, 0.15) is 34.6 Å². The Balaban J connectivity index is 1.93. The van der Waals surface area contributed by atoms with Crippen molar-refractivity contribution in [3.63, 3.8) is 0 Å². The molecule has 1 aliphatic rings. The third-order valence-corrected chi connectivity index (χ3v) is 3.79. The van der Waals surface area contributed by atoms with E-state index in [0.717, 1.165) is 42.9 Å². The number of rotatable bonds is 2. The number of aryl methyl sites for hydroxylation is 1. The molecular formula is C11H17N3OS. The first-order valence-corrected chi connectivity index (χ1v) is 6.57. The van der Waals surface area contributed by atoms with E-state index < -0.39 is 0 Å². The molecule has 0 aromatic carbocycles. The van der Waals surface area contributed by atoms with Gasteiger partial charge in [0.25, 0.3) is 5.91 Å². The van der Waals surface area contributed by atoms with Gasteiger partial charge in [-0.3, -0.25) is 4.79 Å². The topological polar surface area (TPSA) is 54.0 Å².